The summed E-state index contributed by atoms with van der Waals surface area (Å²) in [6.45, 7) is 7.66. The SMILES string of the molecule is CCc1cc(Nc2cc(N3CCN(C)CC3)nc(Oc3ccc4[nH]c(C)cc4c3Cl)n2)on1. The molecule has 1 aromatic carbocycles. The van der Waals surface area contributed by atoms with Crippen molar-refractivity contribution >= 4 is 40.0 Å². The highest BCUT2D eigenvalue weighted by atomic mass is 35.5. The van der Waals surface area contributed by atoms with Gasteiger partial charge >= 0.3 is 6.01 Å². The van der Waals surface area contributed by atoms with Crippen LogP contribution in [0.1, 0.15) is 18.3 Å². The first-order valence-corrected chi connectivity index (χ1v) is 11.4. The minimum absolute atomic E-state index is 0.206. The Balaban J connectivity index is 1.48. The Morgan fingerprint density at radius 1 is 1.15 bits per heavy atom. The molecule has 0 atom stereocenters. The van der Waals surface area contributed by atoms with Crippen LogP contribution in [0.3, 0.4) is 0 Å². The Morgan fingerprint density at radius 2 is 1.97 bits per heavy atom. The van der Waals surface area contributed by atoms with E-state index in [1.807, 2.05) is 44.2 Å². The van der Waals surface area contributed by atoms with Crippen molar-refractivity contribution in [2.24, 2.45) is 0 Å². The van der Waals surface area contributed by atoms with Gasteiger partial charge in [-0.3, -0.25) is 0 Å². The Labute approximate surface area is 196 Å². The van der Waals surface area contributed by atoms with E-state index in [1.165, 1.54) is 0 Å². The third kappa shape index (κ3) is 4.60. The second-order valence-corrected chi connectivity index (χ2v) is 8.62. The lowest BCUT2D eigenvalue weighted by Crippen LogP contribution is -2.44. The molecule has 10 heteroatoms. The van der Waals surface area contributed by atoms with Gasteiger partial charge in [-0.1, -0.05) is 23.7 Å². The lowest BCUT2D eigenvalue weighted by Gasteiger charge is -2.33. The van der Waals surface area contributed by atoms with E-state index in [0.29, 0.717) is 22.5 Å². The van der Waals surface area contributed by atoms with Crippen molar-refractivity contribution in [3.63, 3.8) is 0 Å². The maximum absolute atomic E-state index is 6.64. The van der Waals surface area contributed by atoms with Crippen molar-refractivity contribution < 1.29 is 9.26 Å². The third-order valence-corrected chi connectivity index (χ3v) is 6.12. The molecular weight excluding hydrogens is 442 g/mol. The number of fused-ring (bicyclic) bond motifs is 1. The average Bonchev–Trinajstić information content (AvgIpc) is 3.42. The normalized spacial score (nSPS) is 14.7. The van der Waals surface area contributed by atoms with Gasteiger partial charge in [0.25, 0.3) is 0 Å². The number of piperazine rings is 1. The second kappa shape index (κ2) is 8.92. The summed E-state index contributed by atoms with van der Waals surface area (Å²) in [5, 5.41) is 8.63. The van der Waals surface area contributed by atoms with Crippen LogP contribution in [0, 0.1) is 6.92 Å². The zero-order valence-corrected chi connectivity index (χ0v) is 19.6. The van der Waals surface area contributed by atoms with Gasteiger partial charge in [-0.2, -0.15) is 9.97 Å². The fourth-order valence-electron chi connectivity index (χ4n) is 3.85. The molecule has 1 saturated heterocycles. The van der Waals surface area contributed by atoms with Crippen LogP contribution in [-0.4, -0.2) is 58.2 Å². The van der Waals surface area contributed by atoms with E-state index in [2.05, 4.69) is 42.3 Å². The van der Waals surface area contributed by atoms with Crippen molar-refractivity contribution in [2.45, 2.75) is 20.3 Å². The summed E-state index contributed by atoms with van der Waals surface area (Å²) in [7, 11) is 2.12. The number of nitrogens with one attached hydrogen (secondary N) is 2. The van der Waals surface area contributed by atoms with E-state index in [-0.39, 0.29) is 6.01 Å². The number of hydrogen-bond acceptors (Lipinski definition) is 8. The molecule has 2 N–H and O–H groups in total. The summed E-state index contributed by atoms with van der Waals surface area (Å²) < 4.78 is 11.5. The maximum Gasteiger partial charge on any atom is 0.325 e. The molecule has 0 amide bonds. The molecule has 1 aliphatic rings. The molecule has 0 saturated carbocycles. The third-order valence-electron chi connectivity index (χ3n) is 5.73. The molecule has 172 valence electrons. The zero-order valence-electron chi connectivity index (χ0n) is 18.9. The quantitative estimate of drug-likeness (QED) is 0.419. The highest BCUT2D eigenvalue weighted by molar-refractivity contribution is 6.37. The van der Waals surface area contributed by atoms with Gasteiger partial charge in [0.1, 0.15) is 17.4 Å². The van der Waals surface area contributed by atoms with Gasteiger partial charge < -0.3 is 29.4 Å². The zero-order chi connectivity index (χ0) is 22.9. The molecule has 3 aromatic heterocycles. The van der Waals surface area contributed by atoms with Crippen molar-refractivity contribution in [1.29, 1.82) is 0 Å². The first kappa shape index (κ1) is 21.5. The van der Waals surface area contributed by atoms with Crippen LogP contribution >= 0.6 is 11.6 Å². The highest BCUT2D eigenvalue weighted by Crippen LogP contribution is 2.36. The van der Waals surface area contributed by atoms with Crippen molar-refractivity contribution in [1.82, 2.24) is 25.0 Å². The molecule has 1 fully saturated rings. The van der Waals surface area contributed by atoms with E-state index < -0.39 is 0 Å². The van der Waals surface area contributed by atoms with Gasteiger partial charge in [-0.05, 0) is 38.6 Å². The number of halogens is 1. The van der Waals surface area contributed by atoms with Gasteiger partial charge in [0.2, 0.25) is 5.88 Å². The molecular formula is C23H26ClN7O2. The fraction of sp³-hybridized carbons (Fsp3) is 0.348. The number of H-pyrrole nitrogens is 1. The largest absolute Gasteiger partial charge is 0.423 e. The van der Waals surface area contributed by atoms with E-state index in [1.54, 1.807) is 0 Å². The Bertz CT molecular complexity index is 1280. The maximum atomic E-state index is 6.64. The smallest absolute Gasteiger partial charge is 0.325 e. The summed E-state index contributed by atoms with van der Waals surface area (Å²) in [5.41, 5.74) is 2.85. The van der Waals surface area contributed by atoms with Crippen molar-refractivity contribution in [3.05, 3.63) is 46.7 Å². The number of aromatic nitrogens is 4. The van der Waals surface area contributed by atoms with Crippen LogP contribution in [0.5, 0.6) is 11.8 Å². The number of rotatable bonds is 6. The summed E-state index contributed by atoms with van der Waals surface area (Å²) in [6, 6.07) is 9.72. The molecule has 0 bridgehead atoms. The number of hydrogen-bond donors (Lipinski definition) is 2. The number of ether oxygens (including phenoxy) is 1. The van der Waals surface area contributed by atoms with Gasteiger partial charge in [-0.25, -0.2) is 0 Å². The lowest BCUT2D eigenvalue weighted by molar-refractivity contribution is 0.311. The van der Waals surface area contributed by atoms with Crippen LogP contribution in [0.25, 0.3) is 10.9 Å². The number of aromatic amines is 1. The van der Waals surface area contributed by atoms with Gasteiger partial charge in [0.05, 0.1) is 10.7 Å². The number of likely N-dealkylation sites (N-methyl/N-ethyl adjacent to an activating group) is 1. The molecule has 0 spiro atoms. The molecule has 0 radical (unpaired) electrons. The van der Waals surface area contributed by atoms with Gasteiger partial charge in [0, 0.05) is 54.9 Å². The molecule has 4 heterocycles. The Hall–Kier alpha value is -3.30. The van der Waals surface area contributed by atoms with Crippen LogP contribution in [-0.2, 0) is 6.42 Å². The summed E-state index contributed by atoms with van der Waals surface area (Å²) in [6.07, 6.45) is 0.787. The summed E-state index contributed by atoms with van der Waals surface area (Å²) >= 11 is 6.64. The second-order valence-electron chi connectivity index (χ2n) is 8.24. The summed E-state index contributed by atoms with van der Waals surface area (Å²) in [5.74, 6) is 2.35. The molecule has 0 unspecified atom stereocenters. The standard InChI is InChI=1S/C23H26ClN7O2/c1-4-15-12-21(33-29-15)26-19-13-20(31-9-7-30(3)8-10-31)28-23(27-19)32-18-6-5-17-16(22(18)24)11-14(2)25-17/h5-6,11-13,25H,4,7-10H2,1-3H3,(H,26,27,28). The predicted octanol–water partition coefficient (Wildman–Crippen LogP) is 4.76. The minimum Gasteiger partial charge on any atom is -0.423 e. The molecule has 0 aliphatic carbocycles. The first-order chi connectivity index (χ1) is 16.0. The Morgan fingerprint density at radius 3 is 2.73 bits per heavy atom. The summed E-state index contributed by atoms with van der Waals surface area (Å²) in [4.78, 5) is 17.0. The molecule has 9 nitrogen and oxygen atoms in total. The van der Waals surface area contributed by atoms with Crippen LogP contribution in [0.2, 0.25) is 5.02 Å². The van der Waals surface area contributed by atoms with Crippen LogP contribution < -0.4 is 15.0 Å². The minimum atomic E-state index is 0.206. The van der Waals surface area contributed by atoms with E-state index in [0.717, 1.165) is 60.7 Å². The topological polar surface area (TPSA) is 95.3 Å². The van der Waals surface area contributed by atoms with Crippen LogP contribution in [0.4, 0.5) is 17.5 Å². The average molecular weight is 468 g/mol. The number of anilines is 3. The van der Waals surface area contributed by atoms with Gasteiger partial charge in [-0.15, -0.1) is 0 Å². The monoisotopic (exact) mass is 467 g/mol. The molecule has 4 aromatic rings. The molecule has 5 rings (SSSR count). The number of benzene rings is 1. The highest BCUT2D eigenvalue weighted by Gasteiger charge is 2.19. The fourth-order valence-corrected chi connectivity index (χ4v) is 4.11. The number of nitrogens with zero attached hydrogens (tertiary/aromatic N) is 5. The van der Waals surface area contributed by atoms with E-state index >= 15 is 0 Å². The van der Waals surface area contributed by atoms with Gasteiger partial charge in [0.15, 0.2) is 0 Å². The van der Waals surface area contributed by atoms with Crippen LogP contribution in [0.15, 0.2) is 34.9 Å². The molecule has 1 aliphatic heterocycles. The Kier molecular flexibility index (Phi) is 5.82. The first-order valence-electron chi connectivity index (χ1n) is 11.0. The predicted molar refractivity (Wildman–Crippen MR) is 129 cm³/mol. The van der Waals surface area contributed by atoms with E-state index in [4.69, 9.17) is 20.9 Å². The molecule has 33 heavy (non-hydrogen) atoms. The van der Waals surface area contributed by atoms with Crippen molar-refractivity contribution in [2.75, 3.05) is 43.4 Å². The van der Waals surface area contributed by atoms with Crippen molar-refractivity contribution in [3.8, 4) is 11.8 Å². The number of aryl methyl sites for hydroxylation is 2. The van der Waals surface area contributed by atoms with E-state index in [9.17, 15) is 0 Å². The lowest BCUT2D eigenvalue weighted by atomic mass is 10.2.